The molecule has 0 bridgehead atoms. The lowest BCUT2D eigenvalue weighted by atomic mass is 10.1. The third kappa shape index (κ3) is 3.81. The standard InChI is InChI=1S/C22H20FNO4/c1-14-12-19(15(2)24(14)16-8-10-17(27-3)11-9-16)21(25)13-28-22(26)18-6-4-5-7-20(18)23/h4-12H,13H2,1-3H3. The highest BCUT2D eigenvalue weighted by Crippen LogP contribution is 2.23. The first kappa shape index (κ1) is 19.4. The van der Waals surface area contributed by atoms with Crippen LogP contribution in [0.25, 0.3) is 5.69 Å². The molecule has 1 heterocycles. The van der Waals surface area contributed by atoms with Crippen LogP contribution < -0.4 is 4.74 Å². The van der Waals surface area contributed by atoms with E-state index in [4.69, 9.17) is 9.47 Å². The Labute approximate surface area is 162 Å². The van der Waals surface area contributed by atoms with Crippen molar-refractivity contribution in [3.05, 3.63) is 82.9 Å². The monoisotopic (exact) mass is 381 g/mol. The average Bonchev–Trinajstić information content (AvgIpc) is 3.00. The quantitative estimate of drug-likeness (QED) is 0.472. The summed E-state index contributed by atoms with van der Waals surface area (Å²) < 4.78 is 25.8. The molecule has 0 aliphatic heterocycles. The molecule has 0 atom stereocenters. The van der Waals surface area contributed by atoms with Crippen LogP contribution >= 0.6 is 0 Å². The first-order chi connectivity index (χ1) is 13.4. The minimum Gasteiger partial charge on any atom is -0.497 e. The zero-order valence-corrected chi connectivity index (χ0v) is 15.9. The SMILES string of the molecule is COc1ccc(-n2c(C)cc(C(=O)COC(=O)c3ccccc3F)c2C)cc1. The Morgan fingerprint density at radius 1 is 1.00 bits per heavy atom. The highest BCUT2D eigenvalue weighted by Gasteiger charge is 2.19. The summed E-state index contributed by atoms with van der Waals surface area (Å²) in [6.07, 6.45) is 0. The van der Waals surface area contributed by atoms with Crippen LogP contribution in [0, 0.1) is 19.7 Å². The number of rotatable bonds is 6. The topological polar surface area (TPSA) is 57.5 Å². The third-order valence-corrected chi connectivity index (χ3v) is 4.49. The molecule has 5 nitrogen and oxygen atoms in total. The minimum atomic E-state index is -0.865. The lowest BCUT2D eigenvalue weighted by Gasteiger charge is -2.11. The van der Waals surface area contributed by atoms with E-state index in [0.717, 1.165) is 22.8 Å². The average molecular weight is 381 g/mol. The molecule has 0 spiro atoms. The van der Waals surface area contributed by atoms with Gasteiger partial charge in [-0.15, -0.1) is 0 Å². The number of Topliss-reactive ketones (excluding diaryl/α,β-unsaturated/α-hetero) is 1. The number of methoxy groups -OCH3 is 1. The number of carbonyl (C=O) groups excluding carboxylic acids is 2. The predicted molar refractivity (Wildman–Crippen MR) is 103 cm³/mol. The number of hydrogen-bond donors (Lipinski definition) is 0. The van der Waals surface area contributed by atoms with Crippen molar-refractivity contribution in [2.24, 2.45) is 0 Å². The van der Waals surface area contributed by atoms with Crippen molar-refractivity contribution in [2.75, 3.05) is 13.7 Å². The van der Waals surface area contributed by atoms with E-state index in [9.17, 15) is 14.0 Å². The van der Waals surface area contributed by atoms with Gasteiger partial charge in [-0.05, 0) is 56.3 Å². The Hall–Kier alpha value is -3.41. The van der Waals surface area contributed by atoms with E-state index in [1.165, 1.54) is 24.3 Å². The van der Waals surface area contributed by atoms with Gasteiger partial charge in [0.05, 0.1) is 12.7 Å². The van der Waals surface area contributed by atoms with Crippen LogP contribution in [0.2, 0.25) is 0 Å². The molecule has 3 aromatic rings. The second-order valence-electron chi connectivity index (χ2n) is 6.30. The molecule has 0 amide bonds. The summed E-state index contributed by atoms with van der Waals surface area (Å²) in [5.41, 5.74) is 2.74. The Morgan fingerprint density at radius 2 is 1.68 bits per heavy atom. The lowest BCUT2D eigenvalue weighted by molar-refractivity contribution is 0.0470. The number of halogens is 1. The number of benzene rings is 2. The van der Waals surface area contributed by atoms with E-state index >= 15 is 0 Å². The maximum Gasteiger partial charge on any atom is 0.341 e. The molecule has 144 valence electrons. The number of aryl methyl sites for hydroxylation is 1. The van der Waals surface area contributed by atoms with Crippen LogP contribution in [-0.4, -0.2) is 30.0 Å². The fourth-order valence-corrected chi connectivity index (χ4v) is 3.09. The van der Waals surface area contributed by atoms with E-state index < -0.39 is 18.4 Å². The highest BCUT2D eigenvalue weighted by molar-refractivity contribution is 6.00. The summed E-state index contributed by atoms with van der Waals surface area (Å²) in [4.78, 5) is 24.6. The second kappa shape index (κ2) is 8.08. The van der Waals surface area contributed by atoms with Crippen LogP contribution in [0.4, 0.5) is 4.39 Å². The number of aromatic nitrogens is 1. The van der Waals surface area contributed by atoms with E-state index in [-0.39, 0.29) is 11.3 Å². The van der Waals surface area contributed by atoms with E-state index in [2.05, 4.69) is 0 Å². The van der Waals surface area contributed by atoms with Crippen molar-refractivity contribution in [1.82, 2.24) is 4.57 Å². The number of ketones is 1. The van der Waals surface area contributed by atoms with Gasteiger partial charge in [0.2, 0.25) is 5.78 Å². The van der Waals surface area contributed by atoms with Crippen LogP contribution in [0.15, 0.2) is 54.6 Å². The van der Waals surface area contributed by atoms with Gasteiger partial charge in [0.1, 0.15) is 11.6 Å². The second-order valence-corrected chi connectivity index (χ2v) is 6.30. The van der Waals surface area contributed by atoms with Gasteiger partial charge in [-0.3, -0.25) is 4.79 Å². The van der Waals surface area contributed by atoms with Crippen molar-refractivity contribution in [1.29, 1.82) is 0 Å². The summed E-state index contributed by atoms with van der Waals surface area (Å²) >= 11 is 0. The van der Waals surface area contributed by atoms with Gasteiger partial charge < -0.3 is 14.0 Å². The molecule has 0 aliphatic rings. The Balaban J connectivity index is 1.77. The van der Waals surface area contributed by atoms with Gasteiger partial charge in [0.25, 0.3) is 0 Å². The molecular weight excluding hydrogens is 361 g/mol. The molecule has 0 saturated carbocycles. The van der Waals surface area contributed by atoms with Crippen LogP contribution in [0.5, 0.6) is 5.75 Å². The van der Waals surface area contributed by atoms with Crippen molar-refractivity contribution in [2.45, 2.75) is 13.8 Å². The Kier molecular flexibility index (Phi) is 5.59. The summed E-state index contributed by atoms with van der Waals surface area (Å²) in [5.74, 6) is -1.16. The molecule has 1 aromatic heterocycles. The zero-order valence-electron chi connectivity index (χ0n) is 15.9. The molecule has 0 unspecified atom stereocenters. The van der Waals surface area contributed by atoms with Crippen molar-refractivity contribution in [3.63, 3.8) is 0 Å². The summed E-state index contributed by atoms with van der Waals surface area (Å²) in [5, 5.41) is 0. The maximum atomic E-state index is 13.7. The number of ether oxygens (including phenoxy) is 2. The molecule has 0 radical (unpaired) electrons. The van der Waals surface area contributed by atoms with Crippen molar-refractivity contribution >= 4 is 11.8 Å². The first-order valence-corrected chi connectivity index (χ1v) is 8.70. The number of esters is 1. The van der Waals surface area contributed by atoms with Crippen molar-refractivity contribution in [3.8, 4) is 11.4 Å². The van der Waals surface area contributed by atoms with E-state index in [1.54, 1.807) is 13.2 Å². The molecule has 0 saturated heterocycles. The molecule has 2 aromatic carbocycles. The minimum absolute atomic E-state index is 0.195. The normalized spacial score (nSPS) is 10.6. The highest BCUT2D eigenvalue weighted by atomic mass is 19.1. The largest absolute Gasteiger partial charge is 0.497 e. The molecule has 0 aliphatic carbocycles. The maximum absolute atomic E-state index is 13.7. The number of nitrogens with zero attached hydrogens (tertiary/aromatic N) is 1. The Bertz CT molecular complexity index is 1020. The number of hydrogen-bond acceptors (Lipinski definition) is 4. The molecule has 3 rings (SSSR count). The Morgan fingerprint density at radius 3 is 2.32 bits per heavy atom. The van der Waals surface area contributed by atoms with Gasteiger partial charge in [-0.1, -0.05) is 12.1 Å². The van der Waals surface area contributed by atoms with Gasteiger partial charge in [0, 0.05) is 22.6 Å². The zero-order chi connectivity index (χ0) is 20.3. The van der Waals surface area contributed by atoms with Gasteiger partial charge in [-0.25, -0.2) is 9.18 Å². The molecular formula is C22H20FNO4. The summed E-state index contributed by atoms with van der Waals surface area (Å²) in [6.45, 7) is 3.25. The van der Waals surface area contributed by atoms with Gasteiger partial charge in [-0.2, -0.15) is 0 Å². The third-order valence-electron chi connectivity index (χ3n) is 4.49. The molecule has 28 heavy (non-hydrogen) atoms. The first-order valence-electron chi connectivity index (χ1n) is 8.70. The predicted octanol–water partition coefficient (Wildman–Crippen LogP) is 4.28. The number of carbonyl (C=O) groups is 2. The van der Waals surface area contributed by atoms with Crippen LogP contribution in [-0.2, 0) is 4.74 Å². The van der Waals surface area contributed by atoms with Crippen LogP contribution in [0.1, 0.15) is 32.1 Å². The summed E-state index contributed by atoms with van der Waals surface area (Å²) in [7, 11) is 1.60. The molecule has 0 N–H and O–H groups in total. The van der Waals surface area contributed by atoms with E-state index in [1.807, 2.05) is 42.7 Å². The smallest absolute Gasteiger partial charge is 0.341 e. The van der Waals surface area contributed by atoms with Gasteiger partial charge >= 0.3 is 5.97 Å². The fraction of sp³-hybridized carbons (Fsp3) is 0.182. The van der Waals surface area contributed by atoms with Crippen molar-refractivity contribution < 1.29 is 23.5 Å². The van der Waals surface area contributed by atoms with Crippen LogP contribution in [0.3, 0.4) is 0 Å². The summed E-state index contributed by atoms with van der Waals surface area (Å²) in [6, 6.07) is 14.7. The van der Waals surface area contributed by atoms with Gasteiger partial charge in [0.15, 0.2) is 6.61 Å². The molecule has 0 fully saturated rings. The fourth-order valence-electron chi connectivity index (χ4n) is 3.09. The lowest BCUT2D eigenvalue weighted by Crippen LogP contribution is -2.15. The van der Waals surface area contributed by atoms with E-state index in [0.29, 0.717) is 5.56 Å². The molecule has 6 heteroatoms.